The zero-order chi connectivity index (χ0) is 19.3. The highest BCUT2D eigenvalue weighted by Gasteiger charge is 2.33. The predicted molar refractivity (Wildman–Crippen MR) is 107 cm³/mol. The molecule has 2 aromatic carbocycles. The molecule has 0 spiro atoms. The minimum Gasteiger partial charge on any atom is -0.353 e. The van der Waals surface area contributed by atoms with Crippen molar-refractivity contribution in [2.24, 2.45) is 5.92 Å². The first-order valence-electron chi connectivity index (χ1n) is 8.99. The molecule has 1 fully saturated rings. The molecule has 2 heterocycles. The molecule has 2 amide bonds. The van der Waals surface area contributed by atoms with E-state index >= 15 is 0 Å². The molecule has 0 atom stereocenters. The summed E-state index contributed by atoms with van der Waals surface area (Å²) in [7, 11) is 0. The van der Waals surface area contributed by atoms with Crippen LogP contribution >= 0.6 is 0 Å². The van der Waals surface area contributed by atoms with E-state index in [0.29, 0.717) is 24.3 Å². The average Bonchev–Trinajstić information content (AvgIpc) is 2.69. The van der Waals surface area contributed by atoms with Crippen LogP contribution in [0.3, 0.4) is 0 Å². The van der Waals surface area contributed by atoms with Gasteiger partial charge in [0, 0.05) is 36.2 Å². The molecular weight excluding hydrogens is 354 g/mol. The second kappa shape index (κ2) is 7.87. The zero-order valence-electron chi connectivity index (χ0n) is 15.1. The van der Waals surface area contributed by atoms with Gasteiger partial charge in [0.2, 0.25) is 5.91 Å². The number of carbonyl (C=O) groups is 2. The molecule has 0 unspecified atom stereocenters. The van der Waals surface area contributed by atoms with Gasteiger partial charge < -0.3 is 15.5 Å². The Hall–Kier alpha value is -3.74. The summed E-state index contributed by atoms with van der Waals surface area (Å²) in [6.45, 7) is 1.23. The number of para-hydroxylation sites is 1. The molecule has 0 aliphatic carbocycles. The fourth-order valence-electron chi connectivity index (χ4n) is 2.97. The maximum atomic E-state index is 12.4. The lowest BCUT2D eigenvalue weighted by Crippen LogP contribution is -2.52. The van der Waals surface area contributed by atoms with Gasteiger partial charge in [-0.1, -0.05) is 18.2 Å². The van der Waals surface area contributed by atoms with Gasteiger partial charge in [-0.3, -0.25) is 9.59 Å². The number of anilines is 3. The van der Waals surface area contributed by atoms with Crippen LogP contribution in [0.4, 0.5) is 17.2 Å². The fraction of sp³-hybridized carbons (Fsp3) is 0.143. The third-order valence-electron chi connectivity index (χ3n) is 4.58. The number of hydrogen-bond acceptors (Lipinski definition) is 5. The largest absolute Gasteiger partial charge is 0.353 e. The van der Waals surface area contributed by atoms with Crippen LogP contribution in [-0.2, 0) is 4.79 Å². The maximum absolute atomic E-state index is 12.4. The van der Waals surface area contributed by atoms with E-state index in [-0.39, 0.29) is 17.7 Å². The Morgan fingerprint density at radius 2 is 1.57 bits per heavy atom. The van der Waals surface area contributed by atoms with Crippen LogP contribution in [0.5, 0.6) is 0 Å². The van der Waals surface area contributed by atoms with Gasteiger partial charge in [0.05, 0.1) is 5.92 Å². The Morgan fingerprint density at radius 3 is 2.25 bits per heavy atom. The zero-order valence-corrected chi connectivity index (χ0v) is 15.1. The van der Waals surface area contributed by atoms with Crippen molar-refractivity contribution < 1.29 is 9.59 Å². The van der Waals surface area contributed by atoms with Crippen molar-refractivity contribution in [3.05, 3.63) is 78.5 Å². The molecule has 7 nitrogen and oxygen atoms in total. The molecule has 28 heavy (non-hydrogen) atoms. The van der Waals surface area contributed by atoms with Gasteiger partial charge in [-0.2, -0.15) is 5.10 Å². The second-order valence-electron chi connectivity index (χ2n) is 6.57. The van der Waals surface area contributed by atoms with Crippen molar-refractivity contribution in [1.82, 2.24) is 10.2 Å². The first kappa shape index (κ1) is 17.7. The quantitative estimate of drug-likeness (QED) is 0.718. The summed E-state index contributed by atoms with van der Waals surface area (Å²) in [6.07, 6.45) is 1.62. The third-order valence-corrected chi connectivity index (χ3v) is 4.58. The molecule has 1 aliphatic rings. The topological polar surface area (TPSA) is 87.2 Å². The van der Waals surface area contributed by atoms with Gasteiger partial charge in [0.25, 0.3) is 5.91 Å². The van der Waals surface area contributed by atoms with E-state index in [4.69, 9.17) is 0 Å². The average molecular weight is 373 g/mol. The molecule has 4 rings (SSSR count). The maximum Gasteiger partial charge on any atom is 0.255 e. The third kappa shape index (κ3) is 3.98. The van der Waals surface area contributed by atoms with Crippen LogP contribution in [0.15, 0.2) is 72.9 Å². The van der Waals surface area contributed by atoms with E-state index < -0.39 is 0 Å². The summed E-state index contributed by atoms with van der Waals surface area (Å²) >= 11 is 0. The minimum absolute atomic E-state index is 0.0402. The van der Waals surface area contributed by atoms with Crippen molar-refractivity contribution in [1.29, 1.82) is 0 Å². The van der Waals surface area contributed by atoms with Crippen molar-refractivity contribution in [2.45, 2.75) is 0 Å². The van der Waals surface area contributed by atoms with Gasteiger partial charge in [-0.15, -0.1) is 5.10 Å². The first-order valence-corrected chi connectivity index (χ1v) is 8.99. The predicted octanol–water partition coefficient (Wildman–Crippen LogP) is 2.80. The van der Waals surface area contributed by atoms with E-state index in [1.165, 1.54) is 0 Å². The minimum atomic E-state index is -0.192. The first-order chi connectivity index (χ1) is 13.7. The smallest absolute Gasteiger partial charge is 0.255 e. The summed E-state index contributed by atoms with van der Waals surface area (Å²) in [5, 5.41) is 13.6. The van der Waals surface area contributed by atoms with Crippen LogP contribution in [0.1, 0.15) is 10.4 Å². The second-order valence-corrected chi connectivity index (χ2v) is 6.57. The number of hydrogen-bond donors (Lipinski definition) is 2. The van der Waals surface area contributed by atoms with Crippen LogP contribution < -0.4 is 15.5 Å². The summed E-state index contributed by atoms with van der Waals surface area (Å²) in [5.74, 6) is 0.452. The standard InChI is InChI=1S/C21H19N5O2/c27-20(23-17-5-2-1-3-6-17)15-8-10-18(11-9-15)24-21(28)16-13-26(14-16)19-7-4-12-22-25-19/h1-12,16H,13-14H2,(H,23,27)(H,24,28). The summed E-state index contributed by atoms with van der Waals surface area (Å²) in [4.78, 5) is 26.7. The molecule has 0 bridgehead atoms. The SMILES string of the molecule is O=C(Nc1ccccc1)c1ccc(NC(=O)C2CN(c3cccnn3)C2)cc1. The van der Waals surface area contributed by atoms with Crippen molar-refractivity contribution in [2.75, 3.05) is 28.6 Å². The van der Waals surface area contributed by atoms with Gasteiger partial charge in [-0.25, -0.2) is 0 Å². The lowest BCUT2D eigenvalue weighted by molar-refractivity contribution is -0.120. The van der Waals surface area contributed by atoms with Gasteiger partial charge in [-0.05, 0) is 48.5 Å². The number of benzene rings is 2. The van der Waals surface area contributed by atoms with E-state index in [9.17, 15) is 9.59 Å². The summed E-state index contributed by atoms with van der Waals surface area (Å²) in [5.41, 5.74) is 1.93. The van der Waals surface area contributed by atoms with Gasteiger partial charge in [0.15, 0.2) is 5.82 Å². The molecule has 0 saturated carbocycles. The lowest BCUT2D eigenvalue weighted by atomic mass is 9.99. The molecular formula is C21H19N5O2. The molecule has 3 aromatic rings. The van der Waals surface area contributed by atoms with Crippen molar-refractivity contribution >= 4 is 29.0 Å². The summed E-state index contributed by atoms with van der Waals surface area (Å²) in [6, 6.07) is 19.8. The lowest BCUT2D eigenvalue weighted by Gasteiger charge is -2.38. The number of nitrogens with one attached hydrogen (secondary N) is 2. The van der Waals surface area contributed by atoms with Crippen LogP contribution in [0.25, 0.3) is 0 Å². The fourth-order valence-corrected chi connectivity index (χ4v) is 2.97. The van der Waals surface area contributed by atoms with E-state index in [0.717, 1.165) is 11.5 Å². The van der Waals surface area contributed by atoms with E-state index in [1.54, 1.807) is 30.5 Å². The van der Waals surface area contributed by atoms with Gasteiger partial charge in [0.1, 0.15) is 0 Å². The van der Waals surface area contributed by atoms with Crippen molar-refractivity contribution in [3.63, 3.8) is 0 Å². The number of amides is 2. The molecule has 7 heteroatoms. The highest BCUT2D eigenvalue weighted by molar-refractivity contribution is 6.04. The molecule has 140 valence electrons. The molecule has 1 aliphatic heterocycles. The van der Waals surface area contributed by atoms with Gasteiger partial charge >= 0.3 is 0 Å². The number of rotatable bonds is 5. The molecule has 0 radical (unpaired) electrons. The molecule has 2 N–H and O–H groups in total. The van der Waals surface area contributed by atoms with E-state index in [1.807, 2.05) is 47.4 Å². The van der Waals surface area contributed by atoms with E-state index in [2.05, 4.69) is 20.8 Å². The molecule has 1 saturated heterocycles. The van der Waals surface area contributed by atoms with Crippen LogP contribution in [0, 0.1) is 5.92 Å². The van der Waals surface area contributed by atoms with Crippen LogP contribution in [0.2, 0.25) is 0 Å². The Labute approximate surface area is 162 Å². The Kier molecular flexibility index (Phi) is 4.97. The highest BCUT2D eigenvalue weighted by Crippen LogP contribution is 2.23. The Morgan fingerprint density at radius 1 is 0.857 bits per heavy atom. The highest BCUT2D eigenvalue weighted by atomic mass is 16.2. The Balaban J connectivity index is 1.30. The van der Waals surface area contributed by atoms with Crippen molar-refractivity contribution in [3.8, 4) is 0 Å². The number of nitrogens with zero attached hydrogens (tertiary/aromatic N) is 3. The Bertz CT molecular complexity index is 955. The summed E-state index contributed by atoms with van der Waals surface area (Å²) < 4.78 is 0. The number of carbonyl (C=O) groups excluding carboxylic acids is 2. The molecule has 1 aromatic heterocycles. The normalized spacial score (nSPS) is 13.5. The monoisotopic (exact) mass is 373 g/mol. The number of aromatic nitrogens is 2. The van der Waals surface area contributed by atoms with Crippen LogP contribution in [-0.4, -0.2) is 35.1 Å².